The first-order valence-corrected chi connectivity index (χ1v) is 12.8. The number of rotatable bonds is 15. The maximum Gasteiger partial charge on any atom is 0.416 e. The van der Waals surface area contributed by atoms with Crippen molar-refractivity contribution in [3.8, 4) is 0 Å². The van der Waals surface area contributed by atoms with E-state index >= 15 is 0 Å². The summed E-state index contributed by atoms with van der Waals surface area (Å²) in [6.07, 6.45) is 6.50. The molecule has 10 heteroatoms. The number of azo groups is 1. The second-order valence-corrected chi connectivity index (χ2v) is 8.78. The van der Waals surface area contributed by atoms with E-state index in [0.29, 0.717) is 23.5 Å². The molecular formula is C27H37F3N6O. The van der Waals surface area contributed by atoms with E-state index in [9.17, 15) is 18.0 Å². The molecule has 37 heavy (non-hydrogen) atoms. The Labute approximate surface area is 216 Å². The molecule has 2 rings (SSSR count). The lowest BCUT2D eigenvalue weighted by Crippen LogP contribution is -2.26. The van der Waals surface area contributed by atoms with Crippen LogP contribution in [-0.2, 0) is 11.0 Å². The van der Waals surface area contributed by atoms with Gasteiger partial charge in [0, 0.05) is 23.5 Å². The topological polar surface area (TPSA) is 104 Å². The molecule has 0 aliphatic carbocycles. The largest absolute Gasteiger partial charge is 0.416 e. The molecule has 202 valence electrons. The van der Waals surface area contributed by atoms with Crippen LogP contribution in [0.25, 0.3) is 0 Å². The van der Waals surface area contributed by atoms with Gasteiger partial charge in [0.05, 0.1) is 5.56 Å². The summed E-state index contributed by atoms with van der Waals surface area (Å²) in [6, 6.07) is 11.6. The predicted molar refractivity (Wildman–Crippen MR) is 142 cm³/mol. The molecule has 0 aromatic heterocycles. The SMILES string of the molecule is CCCCCCCCCCCNC(=O)CN=NC(=NN)c1ccccc1Nc1ccc(C(F)(F)F)cc1. The number of alkyl halides is 3. The molecule has 0 saturated carbocycles. The Bertz CT molecular complexity index is 1010. The first-order valence-electron chi connectivity index (χ1n) is 12.8. The summed E-state index contributed by atoms with van der Waals surface area (Å²) in [5.74, 6) is 5.35. The number of hydrogen-bond acceptors (Lipinski definition) is 5. The zero-order valence-corrected chi connectivity index (χ0v) is 21.4. The van der Waals surface area contributed by atoms with Gasteiger partial charge in [-0.3, -0.25) is 4.79 Å². The van der Waals surface area contributed by atoms with E-state index in [4.69, 9.17) is 5.84 Å². The summed E-state index contributed by atoms with van der Waals surface area (Å²) in [5, 5.41) is 17.5. The summed E-state index contributed by atoms with van der Waals surface area (Å²) >= 11 is 0. The van der Waals surface area contributed by atoms with Gasteiger partial charge in [-0.2, -0.15) is 23.4 Å². The molecule has 7 nitrogen and oxygen atoms in total. The second-order valence-electron chi connectivity index (χ2n) is 8.78. The first kappa shape index (κ1) is 29.8. The molecule has 0 bridgehead atoms. The number of nitrogens with one attached hydrogen (secondary N) is 2. The first-order chi connectivity index (χ1) is 17.8. The number of nitrogens with two attached hydrogens (primary N) is 1. The number of anilines is 2. The number of para-hydroxylation sites is 1. The molecule has 0 unspecified atom stereocenters. The van der Waals surface area contributed by atoms with Crippen molar-refractivity contribution in [1.82, 2.24) is 5.32 Å². The third kappa shape index (κ3) is 11.4. The lowest BCUT2D eigenvalue weighted by atomic mass is 10.1. The molecule has 0 aliphatic rings. The highest BCUT2D eigenvalue weighted by Gasteiger charge is 2.29. The highest BCUT2D eigenvalue weighted by atomic mass is 19.4. The molecular weight excluding hydrogens is 481 g/mol. The van der Waals surface area contributed by atoms with Gasteiger partial charge in [-0.25, -0.2) is 0 Å². The minimum atomic E-state index is -4.41. The van der Waals surface area contributed by atoms with E-state index in [1.165, 1.54) is 57.1 Å². The quantitative estimate of drug-likeness (QED) is 0.0581. The van der Waals surface area contributed by atoms with Crippen LogP contribution in [-0.4, -0.2) is 24.8 Å². The van der Waals surface area contributed by atoms with Gasteiger partial charge in [-0.05, 0) is 42.8 Å². The molecule has 0 aliphatic heterocycles. The van der Waals surface area contributed by atoms with Crippen LogP contribution in [0.15, 0.2) is 63.9 Å². The average molecular weight is 519 g/mol. The monoisotopic (exact) mass is 518 g/mol. The molecule has 2 aromatic carbocycles. The summed E-state index contributed by atoms with van der Waals surface area (Å²) in [7, 11) is 0. The Morgan fingerprint density at radius 2 is 1.51 bits per heavy atom. The van der Waals surface area contributed by atoms with E-state index in [2.05, 4.69) is 32.9 Å². The standard InChI is InChI=1S/C27H37F3N6O/c1-2-3-4-5-6-7-8-9-12-19-32-25(37)20-33-36-26(35-31)23-13-10-11-14-24(23)34-22-17-15-21(16-18-22)27(28,29)30/h10-11,13-18,34H,2-9,12,19-20,31H2,1H3,(H,32,37). The van der Waals surface area contributed by atoms with E-state index < -0.39 is 11.7 Å². The summed E-state index contributed by atoms with van der Waals surface area (Å²) in [4.78, 5) is 12.1. The third-order valence-electron chi connectivity index (χ3n) is 5.76. The molecule has 0 saturated heterocycles. The van der Waals surface area contributed by atoms with Crippen LogP contribution in [0.1, 0.15) is 75.8 Å². The molecule has 0 atom stereocenters. The number of nitrogens with zero attached hydrogens (tertiary/aromatic N) is 3. The Hall–Kier alpha value is -3.43. The van der Waals surface area contributed by atoms with Crippen molar-refractivity contribution in [1.29, 1.82) is 0 Å². The Kier molecular flexibility index (Phi) is 13.2. The van der Waals surface area contributed by atoms with Gasteiger partial charge in [0.1, 0.15) is 6.54 Å². The zero-order chi connectivity index (χ0) is 26.9. The third-order valence-corrected chi connectivity index (χ3v) is 5.76. The smallest absolute Gasteiger partial charge is 0.355 e. The van der Waals surface area contributed by atoms with Crippen molar-refractivity contribution in [2.45, 2.75) is 70.9 Å². The number of carbonyl (C=O) groups excluding carboxylic acids is 1. The molecule has 2 aromatic rings. The molecule has 4 N–H and O–H groups in total. The van der Waals surface area contributed by atoms with Gasteiger partial charge in [-0.1, -0.05) is 70.4 Å². The fourth-order valence-corrected chi connectivity index (χ4v) is 3.72. The molecule has 0 radical (unpaired) electrons. The van der Waals surface area contributed by atoms with Crippen molar-refractivity contribution < 1.29 is 18.0 Å². The lowest BCUT2D eigenvalue weighted by molar-refractivity contribution is -0.137. The van der Waals surface area contributed by atoms with Crippen molar-refractivity contribution in [3.05, 3.63) is 59.7 Å². The Balaban J connectivity index is 1.80. The Morgan fingerprint density at radius 1 is 0.892 bits per heavy atom. The van der Waals surface area contributed by atoms with Gasteiger partial charge >= 0.3 is 6.18 Å². The van der Waals surface area contributed by atoms with E-state index in [-0.39, 0.29) is 18.3 Å². The second kappa shape index (κ2) is 16.3. The summed E-state index contributed by atoms with van der Waals surface area (Å²) in [5.41, 5.74) is 0.731. The van der Waals surface area contributed by atoms with Crippen LogP contribution in [0.5, 0.6) is 0 Å². The van der Waals surface area contributed by atoms with E-state index in [1.807, 2.05) is 0 Å². The fourth-order valence-electron chi connectivity index (χ4n) is 3.72. The lowest BCUT2D eigenvalue weighted by Gasteiger charge is -2.12. The van der Waals surface area contributed by atoms with Crippen LogP contribution < -0.4 is 16.5 Å². The van der Waals surface area contributed by atoms with Gasteiger partial charge in [-0.15, -0.1) is 5.11 Å². The zero-order valence-electron chi connectivity index (χ0n) is 21.4. The molecule has 0 spiro atoms. The van der Waals surface area contributed by atoms with Gasteiger partial charge in [0.25, 0.3) is 0 Å². The van der Waals surface area contributed by atoms with Gasteiger partial charge in [0.15, 0.2) is 0 Å². The maximum atomic E-state index is 12.8. The van der Waals surface area contributed by atoms with E-state index in [0.717, 1.165) is 25.0 Å². The van der Waals surface area contributed by atoms with Crippen molar-refractivity contribution in [2.75, 3.05) is 18.4 Å². The van der Waals surface area contributed by atoms with E-state index in [1.54, 1.807) is 24.3 Å². The van der Waals surface area contributed by atoms with Crippen LogP contribution in [0.2, 0.25) is 0 Å². The molecule has 0 fully saturated rings. The van der Waals surface area contributed by atoms with Crippen LogP contribution >= 0.6 is 0 Å². The normalized spacial score (nSPS) is 12.2. The fraction of sp³-hybridized carbons (Fsp3) is 0.481. The highest BCUT2D eigenvalue weighted by Crippen LogP contribution is 2.31. The maximum absolute atomic E-state index is 12.8. The van der Waals surface area contributed by atoms with Crippen molar-refractivity contribution in [3.63, 3.8) is 0 Å². The minimum absolute atomic E-state index is 0.0850. The molecule has 1 amide bonds. The van der Waals surface area contributed by atoms with Crippen molar-refractivity contribution in [2.24, 2.45) is 21.2 Å². The van der Waals surface area contributed by atoms with Gasteiger partial charge in [0.2, 0.25) is 11.7 Å². The van der Waals surface area contributed by atoms with Gasteiger partial charge < -0.3 is 16.5 Å². The number of hydrazone groups is 1. The van der Waals surface area contributed by atoms with Crippen LogP contribution in [0, 0.1) is 0 Å². The highest BCUT2D eigenvalue weighted by molar-refractivity contribution is 6.04. The number of halogens is 3. The Morgan fingerprint density at radius 3 is 2.14 bits per heavy atom. The average Bonchev–Trinajstić information content (AvgIpc) is 2.88. The minimum Gasteiger partial charge on any atom is -0.355 e. The number of benzene rings is 2. The number of amides is 1. The molecule has 0 heterocycles. The van der Waals surface area contributed by atoms with Crippen LogP contribution in [0.4, 0.5) is 24.5 Å². The number of unbranched alkanes of at least 4 members (excludes halogenated alkanes) is 8. The van der Waals surface area contributed by atoms with Crippen molar-refractivity contribution >= 4 is 23.1 Å². The number of carbonyl (C=O) groups is 1. The number of hydrogen-bond donors (Lipinski definition) is 3. The predicted octanol–water partition coefficient (Wildman–Crippen LogP) is 7.17. The van der Waals surface area contributed by atoms with Crippen LogP contribution in [0.3, 0.4) is 0 Å². The summed E-state index contributed by atoms with van der Waals surface area (Å²) < 4.78 is 38.4. The summed E-state index contributed by atoms with van der Waals surface area (Å²) in [6.45, 7) is 2.65. The number of amidine groups is 1.